The molecule has 31 heavy (non-hydrogen) atoms. The van der Waals surface area contributed by atoms with Gasteiger partial charge in [-0.2, -0.15) is 9.97 Å². The largest absolute Gasteiger partial charge is 0.463 e. The van der Waals surface area contributed by atoms with Gasteiger partial charge in [0, 0.05) is 12.6 Å². The Morgan fingerprint density at radius 2 is 1.94 bits per heavy atom. The van der Waals surface area contributed by atoms with Gasteiger partial charge in [0.15, 0.2) is 5.82 Å². The average molecular weight is 425 g/mol. The molecule has 8 heteroatoms. The number of urea groups is 1. The predicted molar refractivity (Wildman–Crippen MR) is 121 cm³/mol. The number of benzene rings is 1. The summed E-state index contributed by atoms with van der Waals surface area (Å²) in [4.78, 5) is 25.5. The van der Waals surface area contributed by atoms with Gasteiger partial charge in [-0.05, 0) is 50.4 Å². The molecule has 8 nitrogen and oxygen atoms in total. The predicted octanol–water partition coefficient (Wildman–Crippen LogP) is 3.94. The summed E-state index contributed by atoms with van der Waals surface area (Å²) in [5, 5.41) is 2.83. The van der Waals surface area contributed by atoms with Gasteiger partial charge in [-0.25, -0.2) is 4.79 Å². The Morgan fingerprint density at radius 1 is 1.19 bits per heavy atom. The van der Waals surface area contributed by atoms with E-state index in [1.54, 1.807) is 4.90 Å². The molecule has 0 aliphatic carbocycles. The van der Waals surface area contributed by atoms with Crippen molar-refractivity contribution < 1.29 is 9.53 Å². The second-order valence-corrected chi connectivity index (χ2v) is 8.36. The minimum absolute atomic E-state index is 0.197. The zero-order valence-electron chi connectivity index (χ0n) is 18.4. The first-order valence-corrected chi connectivity index (χ1v) is 11.2. The Bertz CT molecular complexity index is 911. The number of hydrogen-bond donors (Lipinski definition) is 2. The van der Waals surface area contributed by atoms with Crippen LogP contribution in [0.2, 0.25) is 0 Å². The SMILES string of the molecule is CCCCOc1nc(N)c2c(n1)CN(Cc1ccc(C(C)N3CCCC3)cc1)C(=O)N2. The Hall–Kier alpha value is -2.87. The van der Waals surface area contributed by atoms with E-state index in [2.05, 4.69) is 58.3 Å². The van der Waals surface area contributed by atoms with Crippen LogP contribution in [0.4, 0.5) is 16.3 Å². The molecule has 0 spiro atoms. The topological polar surface area (TPSA) is 96.6 Å². The first-order chi connectivity index (χ1) is 15.0. The second-order valence-electron chi connectivity index (χ2n) is 8.36. The van der Waals surface area contributed by atoms with E-state index >= 15 is 0 Å². The quantitative estimate of drug-likeness (QED) is 0.623. The summed E-state index contributed by atoms with van der Waals surface area (Å²) in [5.41, 5.74) is 9.59. The van der Waals surface area contributed by atoms with E-state index in [4.69, 9.17) is 10.5 Å². The van der Waals surface area contributed by atoms with Crippen LogP contribution >= 0.6 is 0 Å². The van der Waals surface area contributed by atoms with Crippen molar-refractivity contribution in [3.63, 3.8) is 0 Å². The van der Waals surface area contributed by atoms with Crippen molar-refractivity contribution >= 4 is 17.5 Å². The number of rotatable bonds is 8. The van der Waals surface area contributed by atoms with Gasteiger partial charge in [-0.1, -0.05) is 37.6 Å². The fourth-order valence-corrected chi connectivity index (χ4v) is 4.15. The van der Waals surface area contributed by atoms with Crippen LogP contribution in [-0.4, -0.2) is 45.5 Å². The van der Waals surface area contributed by atoms with Crippen molar-refractivity contribution in [2.75, 3.05) is 30.7 Å². The summed E-state index contributed by atoms with van der Waals surface area (Å²) in [6, 6.07) is 9.06. The number of nitrogens with zero attached hydrogens (tertiary/aromatic N) is 4. The Kier molecular flexibility index (Phi) is 6.56. The zero-order valence-corrected chi connectivity index (χ0v) is 18.4. The van der Waals surface area contributed by atoms with Crippen LogP contribution in [0, 0.1) is 0 Å². The molecule has 0 saturated carbocycles. The number of likely N-dealkylation sites (tertiary alicyclic amines) is 1. The normalized spacial score (nSPS) is 17.4. The molecule has 0 radical (unpaired) electrons. The maximum atomic E-state index is 12.6. The van der Waals surface area contributed by atoms with Crippen molar-refractivity contribution in [3.8, 4) is 6.01 Å². The first-order valence-electron chi connectivity index (χ1n) is 11.2. The standard InChI is InChI=1S/C23H32N6O2/c1-3-4-13-31-22-25-19-15-29(23(30)26-20(19)21(24)27-22)14-17-7-9-18(10-8-17)16(2)28-11-5-6-12-28/h7-10,16H,3-6,11-15H2,1-2H3,(H,26,30)(H2,24,25,27). The molecule has 2 aliphatic rings. The van der Waals surface area contributed by atoms with E-state index in [0.717, 1.165) is 18.4 Å². The summed E-state index contributed by atoms with van der Waals surface area (Å²) in [5.74, 6) is 0.241. The summed E-state index contributed by atoms with van der Waals surface area (Å²) in [6.07, 6.45) is 4.52. The van der Waals surface area contributed by atoms with E-state index in [1.165, 1.54) is 31.5 Å². The monoisotopic (exact) mass is 424 g/mol. The van der Waals surface area contributed by atoms with Crippen LogP contribution in [-0.2, 0) is 13.1 Å². The lowest BCUT2D eigenvalue weighted by molar-refractivity contribution is 0.202. The van der Waals surface area contributed by atoms with Gasteiger partial charge in [0.05, 0.1) is 18.8 Å². The highest BCUT2D eigenvalue weighted by Gasteiger charge is 2.27. The van der Waals surface area contributed by atoms with Crippen molar-refractivity contribution in [2.24, 2.45) is 0 Å². The lowest BCUT2D eigenvalue weighted by atomic mass is 10.0. The third kappa shape index (κ3) is 4.90. The molecule has 1 fully saturated rings. The highest BCUT2D eigenvalue weighted by Crippen LogP contribution is 2.30. The van der Waals surface area contributed by atoms with E-state index in [0.29, 0.717) is 37.1 Å². The number of anilines is 2. The number of carbonyl (C=O) groups is 1. The highest BCUT2D eigenvalue weighted by atomic mass is 16.5. The number of ether oxygens (including phenoxy) is 1. The minimum Gasteiger partial charge on any atom is -0.463 e. The number of fused-ring (bicyclic) bond motifs is 1. The second kappa shape index (κ2) is 9.51. The molecule has 4 rings (SSSR count). The van der Waals surface area contributed by atoms with Gasteiger partial charge < -0.3 is 20.7 Å². The number of amides is 2. The van der Waals surface area contributed by atoms with Crippen molar-refractivity contribution in [3.05, 3.63) is 41.1 Å². The van der Waals surface area contributed by atoms with Crippen LogP contribution in [0.3, 0.4) is 0 Å². The molecule has 3 N–H and O–H groups in total. The van der Waals surface area contributed by atoms with Crippen LogP contribution in [0.15, 0.2) is 24.3 Å². The van der Waals surface area contributed by atoms with Crippen molar-refractivity contribution in [1.29, 1.82) is 0 Å². The minimum atomic E-state index is -0.197. The van der Waals surface area contributed by atoms with Crippen LogP contribution in [0.5, 0.6) is 6.01 Å². The average Bonchev–Trinajstić information content (AvgIpc) is 3.30. The molecular weight excluding hydrogens is 392 g/mol. The van der Waals surface area contributed by atoms with Crippen molar-refractivity contribution in [1.82, 2.24) is 19.8 Å². The Balaban J connectivity index is 1.43. The maximum absolute atomic E-state index is 12.6. The number of nitrogen functional groups attached to an aromatic ring is 1. The Labute approximate surface area is 183 Å². The number of unbranched alkanes of at least 4 members (excludes halogenated alkanes) is 1. The van der Waals surface area contributed by atoms with E-state index in [1.807, 2.05) is 0 Å². The van der Waals surface area contributed by atoms with Crippen LogP contribution < -0.4 is 15.8 Å². The molecule has 2 amide bonds. The molecule has 1 atom stereocenters. The zero-order chi connectivity index (χ0) is 21.8. The van der Waals surface area contributed by atoms with E-state index in [9.17, 15) is 4.79 Å². The molecule has 1 aromatic carbocycles. The van der Waals surface area contributed by atoms with Gasteiger partial charge in [0.1, 0.15) is 5.69 Å². The van der Waals surface area contributed by atoms with Crippen molar-refractivity contribution in [2.45, 2.75) is 58.7 Å². The lowest BCUT2D eigenvalue weighted by Gasteiger charge is -2.29. The smallest absolute Gasteiger partial charge is 0.322 e. The highest BCUT2D eigenvalue weighted by molar-refractivity contribution is 5.94. The van der Waals surface area contributed by atoms with Gasteiger partial charge in [0.25, 0.3) is 0 Å². The van der Waals surface area contributed by atoms with E-state index < -0.39 is 0 Å². The molecule has 1 saturated heterocycles. The molecule has 2 aliphatic heterocycles. The third-order valence-electron chi connectivity index (χ3n) is 6.10. The van der Waals surface area contributed by atoms with Gasteiger partial charge >= 0.3 is 12.0 Å². The molecule has 166 valence electrons. The number of nitrogens with two attached hydrogens (primary N) is 1. The number of nitrogens with one attached hydrogen (secondary N) is 1. The summed E-state index contributed by atoms with van der Waals surface area (Å²) >= 11 is 0. The summed E-state index contributed by atoms with van der Waals surface area (Å²) in [6.45, 7) is 8.12. The molecule has 1 aromatic heterocycles. The molecule has 0 bridgehead atoms. The fraction of sp³-hybridized carbons (Fsp3) is 0.522. The van der Waals surface area contributed by atoms with E-state index in [-0.39, 0.29) is 17.9 Å². The summed E-state index contributed by atoms with van der Waals surface area (Å²) in [7, 11) is 0. The number of aromatic nitrogens is 2. The molecule has 2 aromatic rings. The summed E-state index contributed by atoms with van der Waals surface area (Å²) < 4.78 is 5.61. The lowest BCUT2D eigenvalue weighted by Crippen LogP contribution is -2.39. The van der Waals surface area contributed by atoms with Gasteiger partial charge in [-0.15, -0.1) is 0 Å². The molecule has 3 heterocycles. The van der Waals surface area contributed by atoms with Crippen LogP contribution in [0.1, 0.15) is 62.4 Å². The Morgan fingerprint density at radius 3 is 2.65 bits per heavy atom. The van der Waals surface area contributed by atoms with Gasteiger partial charge in [-0.3, -0.25) is 4.90 Å². The third-order valence-corrected chi connectivity index (χ3v) is 6.10. The number of carbonyl (C=O) groups excluding carboxylic acids is 1. The maximum Gasteiger partial charge on any atom is 0.322 e. The molecular formula is C23H32N6O2. The number of hydrogen-bond acceptors (Lipinski definition) is 6. The molecule has 1 unspecified atom stereocenters. The van der Waals surface area contributed by atoms with Gasteiger partial charge in [0.2, 0.25) is 0 Å². The van der Waals surface area contributed by atoms with Crippen LogP contribution in [0.25, 0.3) is 0 Å². The first kappa shape index (κ1) is 21.4. The fourth-order valence-electron chi connectivity index (χ4n) is 4.15.